The molecule has 106 valence electrons. The van der Waals surface area contributed by atoms with Crippen molar-refractivity contribution in [2.75, 3.05) is 7.11 Å². The Morgan fingerprint density at radius 2 is 2.05 bits per heavy atom. The Bertz CT molecular complexity index is 615. The molecule has 0 spiro atoms. The van der Waals surface area contributed by atoms with Gasteiger partial charge in [-0.3, -0.25) is 0 Å². The van der Waals surface area contributed by atoms with Crippen molar-refractivity contribution >= 4 is 11.6 Å². The Morgan fingerprint density at radius 1 is 1.30 bits per heavy atom. The fourth-order valence-corrected chi connectivity index (χ4v) is 2.40. The number of hydrogen-bond acceptors (Lipinski definition) is 2. The highest BCUT2D eigenvalue weighted by Gasteiger charge is 2.16. The number of hydrogen-bond donors (Lipinski definition) is 1. The van der Waals surface area contributed by atoms with E-state index in [1.54, 1.807) is 19.2 Å². The lowest BCUT2D eigenvalue weighted by atomic mass is 9.97. The number of methoxy groups -OCH3 is 1. The summed E-state index contributed by atoms with van der Waals surface area (Å²) < 4.78 is 19.3. The molecule has 0 heterocycles. The molecule has 0 radical (unpaired) electrons. The van der Waals surface area contributed by atoms with Gasteiger partial charge in [0.1, 0.15) is 11.6 Å². The maximum absolute atomic E-state index is 14.0. The van der Waals surface area contributed by atoms with Crippen molar-refractivity contribution in [1.29, 1.82) is 0 Å². The molecule has 0 aliphatic heterocycles. The minimum Gasteiger partial charge on any atom is -0.496 e. The van der Waals surface area contributed by atoms with E-state index in [0.717, 1.165) is 16.9 Å². The Labute approximate surface area is 123 Å². The number of rotatable bonds is 4. The van der Waals surface area contributed by atoms with Gasteiger partial charge in [0.15, 0.2) is 0 Å². The van der Waals surface area contributed by atoms with Crippen molar-refractivity contribution in [2.45, 2.75) is 19.4 Å². The van der Waals surface area contributed by atoms with E-state index in [1.165, 1.54) is 6.07 Å². The summed E-state index contributed by atoms with van der Waals surface area (Å²) in [5.74, 6) is 0.307. The number of halogens is 2. The molecular formula is C16H17ClFNO. The average molecular weight is 294 g/mol. The zero-order valence-corrected chi connectivity index (χ0v) is 12.2. The van der Waals surface area contributed by atoms with Crippen LogP contribution in [0.4, 0.5) is 4.39 Å². The highest BCUT2D eigenvalue weighted by molar-refractivity contribution is 6.30. The Hall–Kier alpha value is -1.58. The summed E-state index contributed by atoms with van der Waals surface area (Å²) in [6.45, 7) is 1.99. The van der Waals surface area contributed by atoms with E-state index >= 15 is 0 Å². The minimum atomic E-state index is -0.468. The van der Waals surface area contributed by atoms with Gasteiger partial charge in [0.05, 0.1) is 12.1 Å². The first-order valence-corrected chi connectivity index (χ1v) is 6.73. The fraction of sp³-hybridized carbons (Fsp3) is 0.250. The molecule has 2 aromatic rings. The van der Waals surface area contributed by atoms with Gasteiger partial charge in [0.25, 0.3) is 0 Å². The van der Waals surface area contributed by atoms with Crippen LogP contribution in [0.3, 0.4) is 0 Å². The van der Waals surface area contributed by atoms with Gasteiger partial charge in [0, 0.05) is 11.6 Å². The zero-order chi connectivity index (χ0) is 14.7. The van der Waals surface area contributed by atoms with E-state index in [9.17, 15) is 4.39 Å². The van der Waals surface area contributed by atoms with Crippen LogP contribution in [0.1, 0.15) is 22.7 Å². The second-order valence-electron chi connectivity index (χ2n) is 4.77. The van der Waals surface area contributed by atoms with E-state index in [0.29, 0.717) is 12.0 Å². The van der Waals surface area contributed by atoms with Gasteiger partial charge in [0.2, 0.25) is 0 Å². The first-order chi connectivity index (χ1) is 9.52. The third kappa shape index (κ3) is 3.11. The van der Waals surface area contributed by atoms with E-state index in [1.807, 2.05) is 25.1 Å². The van der Waals surface area contributed by atoms with E-state index in [2.05, 4.69) is 0 Å². The maximum Gasteiger partial charge on any atom is 0.146 e. The normalized spacial score (nSPS) is 12.2. The third-order valence-electron chi connectivity index (χ3n) is 3.26. The Kier molecular flexibility index (Phi) is 4.63. The predicted octanol–water partition coefficient (Wildman–Crippen LogP) is 4.04. The molecule has 20 heavy (non-hydrogen) atoms. The van der Waals surface area contributed by atoms with Crippen molar-refractivity contribution < 1.29 is 9.13 Å². The smallest absolute Gasteiger partial charge is 0.146 e. The third-order valence-corrected chi connectivity index (χ3v) is 3.55. The summed E-state index contributed by atoms with van der Waals surface area (Å²) in [5, 5.41) is 0.0918. The molecule has 0 bridgehead atoms. The molecule has 4 heteroatoms. The largest absolute Gasteiger partial charge is 0.496 e. The van der Waals surface area contributed by atoms with E-state index < -0.39 is 11.9 Å². The Balaban J connectivity index is 2.30. The second kappa shape index (κ2) is 6.25. The van der Waals surface area contributed by atoms with Gasteiger partial charge in [-0.15, -0.1) is 0 Å². The first-order valence-electron chi connectivity index (χ1n) is 6.36. The van der Waals surface area contributed by atoms with Gasteiger partial charge in [-0.25, -0.2) is 4.39 Å². The van der Waals surface area contributed by atoms with Crippen molar-refractivity contribution in [3.63, 3.8) is 0 Å². The molecular weight excluding hydrogens is 277 g/mol. The standard InChI is InChI=1S/C16H17ClFNO/c1-10-6-7-15(20-2)11(8-10)9-14(19)12-4-3-5-13(17)16(12)18/h3-8,14H,9,19H2,1-2H3. The molecule has 0 aromatic heterocycles. The van der Waals surface area contributed by atoms with Crippen molar-refractivity contribution in [3.8, 4) is 5.75 Å². The van der Waals surface area contributed by atoms with Crippen LogP contribution >= 0.6 is 11.6 Å². The molecule has 0 aliphatic carbocycles. The lowest BCUT2D eigenvalue weighted by molar-refractivity contribution is 0.407. The van der Waals surface area contributed by atoms with Crippen LogP contribution in [-0.4, -0.2) is 7.11 Å². The van der Waals surface area contributed by atoms with Gasteiger partial charge in [-0.05, 0) is 31.0 Å². The topological polar surface area (TPSA) is 35.2 Å². The summed E-state index contributed by atoms with van der Waals surface area (Å²) in [6, 6.07) is 10.3. The lowest BCUT2D eigenvalue weighted by Crippen LogP contribution is -2.15. The van der Waals surface area contributed by atoms with E-state index in [-0.39, 0.29) is 5.02 Å². The average Bonchev–Trinajstić information content (AvgIpc) is 2.42. The molecule has 0 aliphatic rings. The number of nitrogens with two attached hydrogens (primary N) is 1. The molecule has 0 fully saturated rings. The summed E-state index contributed by atoms with van der Waals surface area (Å²) in [4.78, 5) is 0. The quantitative estimate of drug-likeness (QED) is 0.923. The summed E-state index contributed by atoms with van der Waals surface area (Å²) in [6.07, 6.45) is 0.488. The van der Waals surface area contributed by atoms with Gasteiger partial charge in [-0.2, -0.15) is 0 Å². The SMILES string of the molecule is COc1ccc(C)cc1CC(N)c1cccc(Cl)c1F. The van der Waals surface area contributed by atoms with Crippen LogP contribution in [0.25, 0.3) is 0 Å². The molecule has 2 rings (SSSR count). The minimum absolute atomic E-state index is 0.0918. The maximum atomic E-state index is 14.0. The van der Waals surface area contributed by atoms with Crippen molar-refractivity contribution in [2.24, 2.45) is 5.73 Å². The van der Waals surface area contributed by atoms with Crippen molar-refractivity contribution in [3.05, 3.63) is 63.9 Å². The van der Waals surface area contributed by atoms with Gasteiger partial charge in [-0.1, -0.05) is 41.4 Å². The number of ether oxygens (including phenoxy) is 1. The van der Waals surface area contributed by atoms with Crippen LogP contribution < -0.4 is 10.5 Å². The van der Waals surface area contributed by atoms with Crippen LogP contribution in [-0.2, 0) is 6.42 Å². The van der Waals surface area contributed by atoms with Crippen LogP contribution in [0.2, 0.25) is 5.02 Å². The highest BCUT2D eigenvalue weighted by Crippen LogP contribution is 2.28. The number of benzene rings is 2. The fourth-order valence-electron chi connectivity index (χ4n) is 2.22. The van der Waals surface area contributed by atoms with E-state index in [4.69, 9.17) is 22.1 Å². The zero-order valence-electron chi connectivity index (χ0n) is 11.5. The molecule has 2 N–H and O–H groups in total. The predicted molar refractivity (Wildman–Crippen MR) is 79.8 cm³/mol. The molecule has 1 atom stereocenters. The van der Waals surface area contributed by atoms with Gasteiger partial charge >= 0.3 is 0 Å². The molecule has 1 unspecified atom stereocenters. The van der Waals surface area contributed by atoms with Crippen LogP contribution in [0.15, 0.2) is 36.4 Å². The van der Waals surface area contributed by atoms with Crippen molar-refractivity contribution in [1.82, 2.24) is 0 Å². The summed E-state index contributed by atoms with van der Waals surface area (Å²) >= 11 is 5.79. The first kappa shape index (κ1) is 14.8. The summed E-state index contributed by atoms with van der Waals surface area (Å²) in [7, 11) is 1.61. The monoisotopic (exact) mass is 293 g/mol. The van der Waals surface area contributed by atoms with Crippen LogP contribution in [0.5, 0.6) is 5.75 Å². The Morgan fingerprint density at radius 3 is 2.75 bits per heavy atom. The molecule has 0 saturated carbocycles. The molecule has 0 saturated heterocycles. The van der Waals surface area contributed by atoms with Gasteiger partial charge < -0.3 is 10.5 Å². The second-order valence-corrected chi connectivity index (χ2v) is 5.18. The number of aryl methyl sites for hydroxylation is 1. The lowest BCUT2D eigenvalue weighted by Gasteiger charge is -2.16. The molecule has 2 nitrogen and oxygen atoms in total. The highest BCUT2D eigenvalue weighted by atomic mass is 35.5. The molecule has 2 aromatic carbocycles. The summed E-state index contributed by atoms with van der Waals surface area (Å²) in [5.41, 5.74) is 8.60. The molecule has 0 amide bonds. The van der Waals surface area contributed by atoms with Crippen LogP contribution in [0, 0.1) is 12.7 Å².